The number of amides is 2. The van der Waals surface area contributed by atoms with E-state index < -0.39 is 40.0 Å². The van der Waals surface area contributed by atoms with Crippen LogP contribution in [0.25, 0.3) is 0 Å². The third kappa shape index (κ3) is 6.88. The molecule has 44 heavy (non-hydrogen) atoms. The Morgan fingerprint density at radius 1 is 1.09 bits per heavy atom. The molecular weight excluding hydrogens is 606 g/mol. The zero-order valence-corrected chi connectivity index (χ0v) is 25.6. The number of carbonyl (C=O) groups excluding carboxylic acids is 2. The van der Waals surface area contributed by atoms with Crippen LogP contribution in [0.3, 0.4) is 0 Å². The van der Waals surface area contributed by atoms with E-state index in [-0.39, 0.29) is 18.3 Å². The van der Waals surface area contributed by atoms with Crippen LogP contribution in [-0.4, -0.2) is 54.5 Å². The average Bonchev–Trinajstić information content (AvgIpc) is 3.01. The van der Waals surface area contributed by atoms with Gasteiger partial charge in [-0.2, -0.15) is 0 Å². The quantitative estimate of drug-likeness (QED) is 0.120. The molecule has 3 aromatic carbocycles. The van der Waals surface area contributed by atoms with E-state index >= 15 is 0 Å². The summed E-state index contributed by atoms with van der Waals surface area (Å²) >= 11 is 6.22. The van der Waals surface area contributed by atoms with Crippen molar-refractivity contribution in [1.82, 2.24) is 15.1 Å². The van der Waals surface area contributed by atoms with Crippen LogP contribution in [-0.2, 0) is 26.3 Å². The van der Waals surface area contributed by atoms with Crippen molar-refractivity contribution in [2.24, 2.45) is 10.9 Å². The van der Waals surface area contributed by atoms with Crippen molar-refractivity contribution in [3.05, 3.63) is 106 Å². The highest BCUT2D eigenvalue weighted by atomic mass is 35.5. The summed E-state index contributed by atoms with van der Waals surface area (Å²) in [6.45, 7) is -0.0100. The van der Waals surface area contributed by atoms with Gasteiger partial charge in [0.15, 0.2) is 5.84 Å². The van der Waals surface area contributed by atoms with Crippen LogP contribution >= 0.6 is 11.6 Å². The number of fused-ring (bicyclic) bond motifs is 1. The van der Waals surface area contributed by atoms with Gasteiger partial charge in [0.1, 0.15) is 0 Å². The van der Waals surface area contributed by atoms with Crippen LogP contribution in [0.1, 0.15) is 70.3 Å². The second-order valence-electron chi connectivity index (χ2n) is 11.1. The molecule has 4 atom stereocenters. The summed E-state index contributed by atoms with van der Waals surface area (Å²) < 4.78 is 27.4. The molecule has 3 aromatic rings. The van der Waals surface area contributed by atoms with E-state index in [9.17, 15) is 18.0 Å². The Balaban J connectivity index is 1.52. The standard InChI is InChI=1S/C31H34ClN5O6S/c1-44(41,42)36-25-11-4-5-12-26(25)37-28(20-13-15-22(32)16-14-20)27(23-9-2-3-10-24(23)31(37)39)30(38)35-43-18-19-7-6-8-21(17-19)29(33)34-40/h2-3,6-10,13-17,25-28,36,40H,4-5,11-12,18H2,1H3,(H2,33,34)(H,35,38)/t25-,26-,27+,28-/m0/s1. The number of carbonyl (C=O) groups is 2. The number of halogens is 1. The van der Waals surface area contributed by atoms with Crippen molar-refractivity contribution < 1.29 is 28.1 Å². The van der Waals surface area contributed by atoms with Gasteiger partial charge in [-0.05, 0) is 53.8 Å². The molecule has 11 nitrogen and oxygen atoms in total. The summed E-state index contributed by atoms with van der Waals surface area (Å²) in [6.07, 6.45) is 3.84. The largest absolute Gasteiger partial charge is 0.409 e. The number of nitrogens with two attached hydrogens (primary N) is 1. The van der Waals surface area contributed by atoms with Gasteiger partial charge >= 0.3 is 0 Å². The predicted molar refractivity (Wildman–Crippen MR) is 165 cm³/mol. The van der Waals surface area contributed by atoms with Crippen LogP contribution in [0.5, 0.6) is 0 Å². The fourth-order valence-corrected chi connectivity index (χ4v) is 7.15. The van der Waals surface area contributed by atoms with E-state index in [0.29, 0.717) is 45.7 Å². The van der Waals surface area contributed by atoms with E-state index in [1.807, 2.05) is 0 Å². The molecule has 1 saturated carbocycles. The molecule has 0 radical (unpaired) electrons. The first-order valence-corrected chi connectivity index (χ1v) is 16.5. The number of amidine groups is 1. The molecule has 5 N–H and O–H groups in total. The molecule has 2 aliphatic rings. The number of benzene rings is 3. The van der Waals surface area contributed by atoms with Crippen molar-refractivity contribution in [2.45, 2.75) is 56.3 Å². The highest BCUT2D eigenvalue weighted by Crippen LogP contribution is 2.46. The Kier molecular flexibility index (Phi) is 9.54. The first-order chi connectivity index (χ1) is 21.1. The zero-order chi connectivity index (χ0) is 31.4. The minimum absolute atomic E-state index is 0.0100. The normalized spacial score (nSPS) is 22.4. The third-order valence-electron chi connectivity index (χ3n) is 8.06. The lowest BCUT2D eigenvalue weighted by Crippen LogP contribution is -2.59. The summed E-state index contributed by atoms with van der Waals surface area (Å²) in [6, 6.07) is 18.9. The topological polar surface area (TPSA) is 163 Å². The number of nitrogens with one attached hydrogen (secondary N) is 2. The molecule has 1 aliphatic carbocycles. The molecule has 1 fully saturated rings. The number of hydrogen-bond acceptors (Lipinski definition) is 7. The van der Waals surface area contributed by atoms with E-state index in [1.165, 1.54) is 0 Å². The molecule has 232 valence electrons. The van der Waals surface area contributed by atoms with Gasteiger partial charge in [-0.1, -0.05) is 78.1 Å². The van der Waals surface area contributed by atoms with Crippen LogP contribution < -0.4 is 15.9 Å². The summed E-state index contributed by atoms with van der Waals surface area (Å²) in [5, 5.41) is 12.5. The molecule has 5 rings (SSSR count). The second kappa shape index (κ2) is 13.3. The first kappa shape index (κ1) is 31.5. The molecule has 0 unspecified atom stereocenters. The molecule has 0 spiro atoms. The lowest BCUT2D eigenvalue weighted by Gasteiger charge is -2.49. The number of hydroxylamine groups is 1. The Labute approximate surface area is 261 Å². The Hall–Kier alpha value is -3.97. The molecule has 2 amide bonds. The van der Waals surface area contributed by atoms with Gasteiger partial charge in [0.25, 0.3) is 11.8 Å². The molecule has 1 aliphatic heterocycles. The van der Waals surface area contributed by atoms with E-state index in [2.05, 4.69) is 15.4 Å². The third-order valence-corrected chi connectivity index (χ3v) is 9.05. The van der Waals surface area contributed by atoms with E-state index in [0.717, 1.165) is 19.1 Å². The molecule has 0 aromatic heterocycles. The lowest BCUT2D eigenvalue weighted by atomic mass is 9.76. The molecular formula is C31H34ClN5O6S. The second-order valence-corrected chi connectivity index (χ2v) is 13.3. The molecule has 13 heteroatoms. The highest BCUT2D eigenvalue weighted by molar-refractivity contribution is 7.88. The fourth-order valence-electron chi connectivity index (χ4n) is 6.20. The van der Waals surface area contributed by atoms with Crippen LogP contribution in [0.2, 0.25) is 5.02 Å². The maximum atomic E-state index is 14.3. The van der Waals surface area contributed by atoms with E-state index in [4.69, 9.17) is 27.4 Å². The Morgan fingerprint density at radius 2 is 1.82 bits per heavy atom. The van der Waals surface area contributed by atoms with Crippen molar-refractivity contribution >= 4 is 39.3 Å². The minimum Gasteiger partial charge on any atom is -0.409 e. The predicted octanol–water partition coefficient (Wildman–Crippen LogP) is 3.82. The van der Waals surface area contributed by atoms with Crippen molar-refractivity contribution in [2.75, 3.05) is 6.26 Å². The van der Waals surface area contributed by atoms with Gasteiger partial charge in [0.05, 0.1) is 24.8 Å². The molecule has 0 saturated heterocycles. The van der Waals surface area contributed by atoms with Crippen LogP contribution in [0.4, 0.5) is 0 Å². The van der Waals surface area contributed by atoms with E-state index in [1.54, 1.807) is 77.7 Å². The van der Waals surface area contributed by atoms with Crippen molar-refractivity contribution in [3.8, 4) is 0 Å². The number of sulfonamides is 1. The van der Waals surface area contributed by atoms with Crippen molar-refractivity contribution in [1.29, 1.82) is 0 Å². The van der Waals surface area contributed by atoms with Gasteiger partial charge in [-0.15, -0.1) is 0 Å². The fraction of sp³-hybridized carbons (Fsp3) is 0.323. The van der Waals surface area contributed by atoms with Gasteiger partial charge in [-0.25, -0.2) is 18.6 Å². The number of hydrogen-bond donors (Lipinski definition) is 4. The van der Waals surface area contributed by atoms with Gasteiger partial charge in [0.2, 0.25) is 10.0 Å². The number of nitrogens with zero attached hydrogens (tertiary/aromatic N) is 2. The van der Waals surface area contributed by atoms with Gasteiger partial charge < -0.3 is 15.8 Å². The number of oxime groups is 1. The monoisotopic (exact) mass is 639 g/mol. The maximum Gasteiger partial charge on any atom is 0.255 e. The summed E-state index contributed by atoms with van der Waals surface area (Å²) in [5.41, 5.74) is 11.0. The zero-order valence-electron chi connectivity index (χ0n) is 24.0. The lowest BCUT2D eigenvalue weighted by molar-refractivity contribution is -0.138. The van der Waals surface area contributed by atoms with Crippen LogP contribution in [0.15, 0.2) is 78.0 Å². The maximum absolute atomic E-state index is 14.3. The number of rotatable bonds is 9. The SMILES string of the molecule is CS(=O)(=O)N[C@H]1CCCC[C@@H]1N1C(=O)c2ccccc2[C@@H](C(=O)NOCc2cccc(/C(N)=N/O)c2)[C@@H]1c1ccc(Cl)cc1. The van der Waals surface area contributed by atoms with Crippen molar-refractivity contribution in [3.63, 3.8) is 0 Å². The van der Waals surface area contributed by atoms with Gasteiger partial charge in [0, 0.05) is 28.2 Å². The smallest absolute Gasteiger partial charge is 0.255 e. The molecule has 1 heterocycles. The minimum atomic E-state index is -3.57. The Morgan fingerprint density at radius 3 is 2.55 bits per heavy atom. The summed E-state index contributed by atoms with van der Waals surface area (Å²) in [4.78, 5) is 35.7. The summed E-state index contributed by atoms with van der Waals surface area (Å²) in [7, 11) is -3.57. The Bertz CT molecular complexity index is 1670. The highest BCUT2D eigenvalue weighted by Gasteiger charge is 2.49. The average molecular weight is 640 g/mol. The molecule has 0 bridgehead atoms. The van der Waals surface area contributed by atoms with Crippen LogP contribution in [0, 0.1) is 0 Å². The van der Waals surface area contributed by atoms with Gasteiger partial charge in [-0.3, -0.25) is 14.4 Å². The summed E-state index contributed by atoms with van der Waals surface area (Å²) in [5.74, 6) is -1.71. The first-order valence-electron chi connectivity index (χ1n) is 14.2.